The quantitative estimate of drug-likeness (QED) is 0.110. The second-order valence-corrected chi connectivity index (χ2v) is 17.7. The van der Waals surface area contributed by atoms with Crippen molar-refractivity contribution in [2.24, 2.45) is 5.41 Å². The van der Waals surface area contributed by atoms with Crippen LogP contribution in [0.25, 0.3) is 17.2 Å². The first-order chi connectivity index (χ1) is 29.4. The van der Waals surface area contributed by atoms with E-state index in [1.807, 2.05) is 35.7 Å². The number of aromatic nitrogens is 6. The maximum absolute atomic E-state index is 13.2. The van der Waals surface area contributed by atoms with E-state index in [2.05, 4.69) is 70.9 Å². The van der Waals surface area contributed by atoms with E-state index in [1.54, 1.807) is 23.5 Å². The molecule has 0 bridgehead atoms. The highest BCUT2D eigenvalue weighted by Gasteiger charge is 2.39. The lowest BCUT2D eigenvalue weighted by Gasteiger charge is -2.40. The predicted octanol–water partition coefficient (Wildman–Crippen LogP) is 4.23. The number of piperidine rings is 1. The topological polar surface area (TPSA) is 223 Å². The highest BCUT2D eigenvalue weighted by Crippen LogP contribution is 2.38. The number of benzene rings is 1. The highest BCUT2D eigenvalue weighted by molar-refractivity contribution is 6.00. The SMILES string of the molecule is Cc1cc(NC(=O)Nc2cnc3ccnn3c2C2CCCC2)cnc1-c1noc(CC(C)(C)CC(O)N2CCN(c3ccc4c(c3)CN(C3CCC(O)NC3O)C4=O)CC2)n1. The molecule has 6 N–H and O–H groups in total. The van der Waals surface area contributed by atoms with Gasteiger partial charge in [-0.05, 0) is 79.8 Å². The fraction of sp³-hybridized carbons (Fsp3) is 0.512. The summed E-state index contributed by atoms with van der Waals surface area (Å²) in [4.78, 5) is 46.2. The van der Waals surface area contributed by atoms with E-state index < -0.39 is 30.8 Å². The van der Waals surface area contributed by atoms with Crippen LogP contribution in [0, 0.1) is 12.3 Å². The van der Waals surface area contributed by atoms with Crippen molar-refractivity contribution in [3.8, 4) is 11.5 Å². The van der Waals surface area contributed by atoms with Crippen LogP contribution in [-0.4, -0.2) is 118 Å². The summed E-state index contributed by atoms with van der Waals surface area (Å²) >= 11 is 0. The van der Waals surface area contributed by atoms with Crippen molar-refractivity contribution < 1.29 is 29.4 Å². The molecule has 3 fully saturated rings. The third-order valence-corrected chi connectivity index (χ3v) is 12.7. The second-order valence-electron chi connectivity index (χ2n) is 17.7. The Labute approximate surface area is 353 Å². The van der Waals surface area contributed by atoms with Gasteiger partial charge in [-0.1, -0.05) is 31.8 Å². The Balaban J connectivity index is 0.766. The first-order valence-corrected chi connectivity index (χ1v) is 21.3. The smallest absolute Gasteiger partial charge is 0.323 e. The van der Waals surface area contributed by atoms with Gasteiger partial charge in [0, 0.05) is 62.4 Å². The third kappa shape index (κ3) is 8.55. The Kier molecular flexibility index (Phi) is 11.2. The van der Waals surface area contributed by atoms with Crippen molar-refractivity contribution in [2.75, 3.05) is 41.7 Å². The van der Waals surface area contributed by atoms with Gasteiger partial charge in [0.2, 0.25) is 11.7 Å². The molecule has 4 aliphatic rings. The van der Waals surface area contributed by atoms with Crippen molar-refractivity contribution in [2.45, 2.75) is 109 Å². The lowest BCUT2D eigenvalue weighted by molar-refractivity contribution is -0.0477. The third-order valence-electron chi connectivity index (χ3n) is 12.7. The number of aryl methyl sites for hydroxylation is 1. The van der Waals surface area contributed by atoms with Gasteiger partial charge in [0.15, 0.2) is 5.65 Å². The standard InChI is InChI=1S/C43H54N12O6/c1-25-18-28(47-42(60)48-31-23-44-33-12-13-46-55(33)38(31)26-6-4-5-7-26)22-45-37(25)39-50-35(61-51-39)20-43(2,3)21-36(57)53-16-14-52(15-17-53)29-8-9-30-27(19-29)24-54(41(30)59)32-10-11-34(56)49-40(32)58/h8-9,12-13,18-19,22-23,26,32,34,36,40,49,56-58H,4-7,10-11,14-17,20-21,24H2,1-3H3,(H2,47,48,60). The Hall–Kier alpha value is -5.53. The molecule has 61 heavy (non-hydrogen) atoms. The number of nitrogens with zero attached hydrogens (tertiary/aromatic N) is 9. The highest BCUT2D eigenvalue weighted by atomic mass is 16.5. The number of hydrogen-bond donors (Lipinski definition) is 6. The summed E-state index contributed by atoms with van der Waals surface area (Å²) in [6.07, 6.45) is 8.91. The van der Waals surface area contributed by atoms with E-state index in [-0.39, 0.29) is 11.3 Å². The normalized spacial score (nSPS) is 21.9. The number of carbonyl (C=O) groups is 2. The average molecular weight is 835 g/mol. The summed E-state index contributed by atoms with van der Waals surface area (Å²) in [7, 11) is 0. The molecule has 9 rings (SSSR count). The van der Waals surface area contributed by atoms with Crippen LogP contribution in [0.1, 0.15) is 97.8 Å². The van der Waals surface area contributed by atoms with Gasteiger partial charge in [0.25, 0.3) is 5.91 Å². The Bertz CT molecular complexity index is 2400. The molecule has 1 aromatic carbocycles. The van der Waals surface area contributed by atoms with Crippen molar-refractivity contribution >= 4 is 34.6 Å². The molecule has 0 radical (unpaired) electrons. The average Bonchev–Trinajstić information content (AvgIpc) is 4.06. The van der Waals surface area contributed by atoms with E-state index in [4.69, 9.17) is 4.52 Å². The number of carbonyl (C=O) groups excluding carboxylic acids is 2. The van der Waals surface area contributed by atoms with Gasteiger partial charge in [0.1, 0.15) is 24.4 Å². The van der Waals surface area contributed by atoms with Gasteiger partial charge in [-0.15, -0.1) is 0 Å². The number of fused-ring (bicyclic) bond motifs is 2. The lowest BCUT2D eigenvalue weighted by atomic mass is 9.84. The van der Waals surface area contributed by atoms with Crippen LogP contribution in [0.5, 0.6) is 0 Å². The predicted molar refractivity (Wildman–Crippen MR) is 225 cm³/mol. The first kappa shape index (κ1) is 40.9. The van der Waals surface area contributed by atoms with Crippen LogP contribution in [0.3, 0.4) is 0 Å². The fourth-order valence-corrected chi connectivity index (χ4v) is 9.55. The molecule has 18 nitrogen and oxygen atoms in total. The van der Waals surface area contributed by atoms with Crippen LogP contribution in [0.15, 0.2) is 53.4 Å². The Morgan fingerprint density at radius 2 is 1.82 bits per heavy atom. The minimum atomic E-state index is -0.975. The fourth-order valence-electron chi connectivity index (χ4n) is 9.55. The van der Waals surface area contributed by atoms with Gasteiger partial charge in [-0.3, -0.25) is 20.0 Å². The molecule has 7 heterocycles. The number of aliphatic hydroxyl groups is 3. The summed E-state index contributed by atoms with van der Waals surface area (Å²) in [5.74, 6) is 0.997. The van der Waals surface area contributed by atoms with Crippen LogP contribution in [0.2, 0.25) is 0 Å². The van der Waals surface area contributed by atoms with Crippen LogP contribution >= 0.6 is 0 Å². The summed E-state index contributed by atoms with van der Waals surface area (Å²) in [6.45, 7) is 9.22. The maximum Gasteiger partial charge on any atom is 0.323 e. The van der Waals surface area contributed by atoms with E-state index >= 15 is 0 Å². The lowest BCUT2D eigenvalue weighted by Crippen LogP contribution is -2.56. The number of aliphatic hydroxyl groups excluding tert-OH is 3. The van der Waals surface area contributed by atoms with Gasteiger partial charge in [-0.2, -0.15) is 10.1 Å². The van der Waals surface area contributed by atoms with Crippen LogP contribution < -0.4 is 20.9 Å². The molecule has 1 aliphatic carbocycles. The molecule has 1 saturated carbocycles. The van der Waals surface area contributed by atoms with Gasteiger partial charge in [-0.25, -0.2) is 14.3 Å². The summed E-state index contributed by atoms with van der Waals surface area (Å²) < 4.78 is 7.51. The van der Waals surface area contributed by atoms with E-state index in [0.29, 0.717) is 85.6 Å². The first-order valence-electron chi connectivity index (χ1n) is 21.3. The van der Waals surface area contributed by atoms with Crippen molar-refractivity contribution in [3.05, 3.63) is 77.2 Å². The molecule has 4 unspecified atom stereocenters. The van der Waals surface area contributed by atoms with Crippen LogP contribution in [-0.2, 0) is 13.0 Å². The van der Waals surface area contributed by atoms with E-state index in [0.717, 1.165) is 66.9 Å². The Morgan fingerprint density at radius 1 is 1.02 bits per heavy atom. The number of nitrogens with one attached hydrogen (secondary N) is 3. The number of hydrogen-bond acceptors (Lipinski definition) is 14. The number of anilines is 3. The van der Waals surface area contributed by atoms with E-state index in [1.165, 1.54) is 0 Å². The number of amides is 3. The Morgan fingerprint density at radius 3 is 2.59 bits per heavy atom. The zero-order chi connectivity index (χ0) is 42.4. The van der Waals surface area contributed by atoms with Crippen LogP contribution in [0.4, 0.5) is 21.9 Å². The summed E-state index contributed by atoms with van der Waals surface area (Å²) in [5, 5.41) is 49.0. The molecule has 5 aromatic rings. The number of urea groups is 1. The molecular weight excluding hydrogens is 781 g/mol. The molecule has 0 spiro atoms. The van der Waals surface area contributed by atoms with Gasteiger partial charge in [0.05, 0.1) is 41.7 Å². The van der Waals surface area contributed by atoms with Crippen molar-refractivity contribution in [1.82, 2.24) is 44.8 Å². The van der Waals surface area contributed by atoms with Crippen molar-refractivity contribution in [1.29, 1.82) is 0 Å². The van der Waals surface area contributed by atoms with E-state index in [9.17, 15) is 24.9 Å². The summed E-state index contributed by atoms with van der Waals surface area (Å²) in [5.41, 5.74) is 6.42. The van der Waals surface area contributed by atoms with Gasteiger partial charge < -0.3 is 40.3 Å². The number of pyridine rings is 1. The number of rotatable bonds is 11. The summed E-state index contributed by atoms with van der Waals surface area (Å²) in [6, 6.07) is 8.79. The minimum Gasteiger partial charge on any atom is -0.379 e. The largest absolute Gasteiger partial charge is 0.379 e. The molecule has 4 atom stereocenters. The molecule has 18 heteroatoms. The number of piperazine rings is 1. The molecule has 3 aliphatic heterocycles. The second kappa shape index (κ2) is 16.7. The maximum atomic E-state index is 13.2. The zero-order valence-corrected chi connectivity index (χ0v) is 34.8. The minimum absolute atomic E-state index is 0.0976. The molecule has 322 valence electrons. The zero-order valence-electron chi connectivity index (χ0n) is 34.8. The molecule has 2 saturated heterocycles. The van der Waals surface area contributed by atoms with Gasteiger partial charge >= 0.3 is 6.03 Å². The van der Waals surface area contributed by atoms with Crippen molar-refractivity contribution in [3.63, 3.8) is 0 Å². The monoisotopic (exact) mass is 834 g/mol. The molecule has 4 aromatic heterocycles. The molecular formula is C43H54N12O6. The molecule has 3 amide bonds.